The Labute approximate surface area is 177 Å². The monoisotopic (exact) mass is 456 g/mol. The average molecular weight is 456 g/mol. The largest absolute Gasteiger partial charge is 0.365 e. The lowest BCUT2D eigenvalue weighted by Gasteiger charge is -2.38. The van der Waals surface area contributed by atoms with Gasteiger partial charge < -0.3 is 15.2 Å². The zero-order valence-corrected chi connectivity index (χ0v) is 17.2. The Morgan fingerprint density at radius 3 is 2.45 bits per heavy atom. The van der Waals surface area contributed by atoms with Crippen molar-refractivity contribution in [3.63, 3.8) is 0 Å². The highest BCUT2D eigenvalue weighted by Crippen LogP contribution is 2.43. The van der Waals surface area contributed by atoms with E-state index in [1.54, 1.807) is 0 Å². The fourth-order valence-corrected chi connectivity index (χ4v) is 5.57. The van der Waals surface area contributed by atoms with Crippen molar-refractivity contribution in [2.24, 2.45) is 11.7 Å². The number of fused-ring (bicyclic) bond motifs is 2. The molecule has 1 aliphatic carbocycles. The highest BCUT2D eigenvalue weighted by atomic mass is 32.1. The summed E-state index contributed by atoms with van der Waals surface area (Å²) in [5.74, 6) is -4.12. The van der Waals surface area contributed by atoms with Crippen LogP contribution >= 0.6 is 11.5 Å². The summed E-state index contributed by atoms with van der Waals surface area (Å²) in [6.07, 6.45) is 2.02. The van der Waals surface area contributed by atoms with Gasteiger partial charge in [0.2, 0.25) is 5.43 Å². The molecule has 2 fully saturated rings. The summed E-state index contributed by atoms with van der Waals surface area (Å²) in [5, 5.41) is -1.04. The van der Waals surface area contributed by atoms with E-state index in [0.717, 1.165) is 11.5 Å². The van der Waals surface area contributed by atoms with Crippen LogP contribution in [0.5, 0.6) is 0 Å². The highest BCUT2D eigenvalue weighted by Gasteiger charge is 2.36. The van der Waals surface area contributed by atoms with Crippen LogP contribution in [0.4, 0.5) is 23.2 Å². The first-order chi connectivity index (χ1) is 14.8. The number of aromatic nitrogens is 2. The zero-order valence-electron chi connectivity index (χ0n) is 16.4. The second-order valence-electron chi connectivity index (χ2n) is 8.29. The SMILES string of the molecule is N[C@@H]1CN(c2c(F)c(F)c3c(=O)c4c(=O)[nH]sc4n(C4CC4)c3c2F)CC[C@@H]1CCF. The van der Waals surface area contributed by atoms with Gasteiger partial charge in [0.25, 0.3) is 5.56 Å². The van der Waals surface area contributed by atoms with Crippen LogP contribution < -0.4 is 21.6 Å². The van der Waals surface area contributed by atoms with Gasteiger partial charge in [0.05, 0.1) is 17.6 Å². The van der Waals surface area contributed by atoms with E-state index in [2.05, 4.69) is 4.37 Å². The number of pyridine rings is 1. The van der Waals surface area contributed by atoms with Gasteiger partial charge in [-0.2, -0.15) is 0 Å². The Bertz CT molecular complexity index is 1310. The molecule has 3 N–H and O–H groups in total. The highest BCUT2D eigenvalue weighted by molar-refractivity contribution is 7.12. The first kappa shape index (κ1) is 20.5. The predicted octanol–water partition coefficient (Wildman–Crippen LogP) is 3.17. The van der Waals surface area contributed by atoms with E-state index >= 15 is 13.2 Å². The smallest absolute Gasteiger partial charge is 0.271 e. The third kappa shape index (κ3) is 3.00. The van der Waals surface area contributed by atoms with Gasteiger partial charge in [-0.05, 0) is 43.1 Å². The van der Waals surface area contributed by atoms with Crippen LogP contribution in [-0.2, 0) is 0 Å². The molecule has 1 aromatic carbocycles. The second kappa shape index (κ2) is 7.33. The van der Waals surface area contributed by atoms with Crippen molar-refractivity contribution in [2.75, 3.05) is 24.7 Å². The Kier molecular flexibility index (Phi) is 4.85. The molecule has 0 radical (unpaired) electrons. The molecule has 0 unspecified atom stereocenters. The van der Waals surface area contributed by atoms with Gasteiger partial charge in [-0.1, -0.05) is 0 Å². The van der Waals surface area contributed by atoms with Gasteiger partial charge in [-0.15, -0.1) is 0 Å². The van der Waals surface area contributed by atoms with Crippen LogP contribution in [0.15, 0.2) is 9.59 Å². The quantitative estimate of drug-likeness (QED) is 0.467. The van der Waals surface area contributed by atoms with E-state index in [9.17, 15) is 14.0 Å². The maximum atomic E-state index is 15.8. The third-order valence-corrected chi connectivity index (χ3v) is 7.26. The minimum absolute atomic E-state index is 0.0385. The number of halogens is 4. The number of rotatable bonds is 4. The van der Waals surface area contributed by atoms with Crippen molar-refractivity contribution in [3.05, 3.63) is 38.0 Å². The molecule has 6 nitrogen and oxygen atoms in total. The first-order valence-electron chi connectivity index (χ1n) is 10.2. The van der Waals surface area contributed by atoms with Crippen molar-refractivity contribution in [1.82, 2.24) is 8.94 Å². The van der Waals surface area contributed by atoms with Crippen molar-refractivity contribution >= 4 is 38.3 Å². The van der Waals surface area contributed by atoms with Crippen LogP contribution in [0.2, 0.25) is 0 Å². The topological polar surface area (TPSA) is 84.1 Å². The molecule has 31 heavy (non-hydrogen) atoms. The van der Waals surface area contributed by atoms with Gasteiger partial charge in [0.15, 0.2) is 17.5 Å². The maximum absolute atomic E-state index is 15.8. The molecule has 2 aromatic heterocycles. The normalized spacial score (nSPS) is 22.0. The molecule has 11 heteroatoms. The molecule has 0 amide bonds. The number of alkyl halides is 1. The molecule has 1 saturated carbocycles. The molecule has 1 saturated heterocycles. The molecule has 1 aliphatic heterocycles. The van der Waals surface area contributed by atoms with E-state index in [1.807, 2.05) is 0 Å². The number of piperidine rings is 1. The van der Waals surface area contributed by atoms with E-state index in [4.69, 9.17) is 5.73 Å². The molecular formula is C20H20F4N4O2S. The molecule has 0 spiro atoms. The Morgan fingerprint density at radius 1 is 1.06 bits per heavy atom. The van der Waals surface area contributed by atoms with Gasteiger partial charge in [-0.25, -0.2) is 13.2 Å². The standard InChI is InChI=1S/C20H20F4N4O2S/c21-5-3-8-4-6-27(7-10(8)25)17-14(23)13(22)11-16(15(17)24)28(9-1-2-9)20-12(18(11)29)19(30)26-31-20/h8-10H,1-7,25H2,(H,26,30)/t8-,10+/m0/s1. The molecule has 166 valence electrons. The summed E-state index contributed by atoms with van der Waals surface area (Å²) in [5.41, 5.74) is 3.46. The molecule has 2 aliphatic rings. The summed E-state index contributed by atoms with van der Waals surface area (Å²) in [7, 11) is 0. The number of H-pyrrole nitrogens is 1. The van der Waals surface area contributed by atoms with Crippen molar-refractivity contribution < 1.29 is 17.6 Å². The molecule has 3 heterocycles. The van der Waals surface area contributed by atoms with Crippen LogP contribution in [0, 0.1) is 23.4 Å². The summed E-state index contributed by atoms with van der Waals surface area (Å²) in [6, 6.07) is -0.730. The number of hydrogen-bond donors (Lipinski definition) is 2. The van der Waals surface area contributed by atoms with Crippen LogP contribution in [-0.4, -0.2) is 34.7 Å². The van der Waals surface area contributed by atoms with E-state index in [-0.39, 0.29) is 47.2 Å². The number of nitrogens with two attached hydrogens (primary N) is 1. The molecule has 2 atom stereocenters. The van der Waals surface area contributed by atoms with E-state index < -0.39 is 52.2 Å². The van der Waals surface area contributed by atoms with Gasteiger partial charge in [0.1, 0.15) is 15.9 Å². The Balaban J connectivity index is 1.77. The van der Waals surface area contributed by atoms with Crippen LogP contribution in [0.25, 0.3) is 21.1 Å². The van der Waals surface area contributed by atoms with Gasteiger partial charge >= 0.3 is 0 Å². The Morgan fingerprint density at radius 2 is 1.81 bits per heavy atom. The molecule has 0 bridgehead atoms. The van der Waals surface area contributed by atoms with Gasteiger partial charge in [-0.3, -0.25) is 18.4 Å². The average Bonchev–Trinajstić information content (AvgIpc) is 3.50. The van der Waals surface area contributed by atoms with Crippen molar-refractivity contribution in [1.29, 1.82) is 0 Å². The lowest BCUT2D eigenvalue weighted by molar-refractivity contribution is 0.295. The molecule has 3 aromatic rings. The number of nitrogens with one attached hydrogen (secondary N) is 1. The first-order valence-corrected chi connectivity index (χ1v) is 11.0. The fraction of sp³-hybridized carbons (Fsp3) is 0.500. The summed E-state index contributed by atoms with van der Waals surface area (Å²) in [6.45, 7) is -0.309. The lowest BCUT2D eigenvalue weighted by Crippen LogP contribution is -2.49. The summed E-state index contributed by atoms with van der Waals surface area (Å²) in [4.78, 5) is 26.6. The lowest BCUT2D eigenvalue weighted by atomic mass is 9.89. The third-order valence-electron chi connectivity index (χ3n) is 6.38. The predicted molar refractivity (Wildman–Crippen MR) is 111 cm³/mol. The minimum atomic E-state index is -1.48. The van der Waals surface area contributed by atoms with E-state index in [1.165, 1.54) is 9.47 Å². The zero-order chi connectivity index (χ0) is 22.0. The summed E-state index contributed by atoms with van der Waals surface area (Å²) < 4.78 is 62.8. The van der Waals surface area contributed by atoms with E-state index in [0.29, 0.717) is 19.3 Å². The summed E-state index contributed by atoms with van der Waals surface area (Å²) >= 11 is 0.878. The molecular weight excluding hydrogens is 436 g/mol. The van der Waals surface area contributed by atoms with Crippen LogP contribution in [0.1, 0.15) is 31.7 Å². The number of anilines is 1. The van der Waals surface area contributed by atoms with Crippen molar-refractivity contribution in [2.45, 2.75) is 37.8 Å². The Hall–Kier alpha value is -2.40. The van der Waals surface area contributed by atoms with Crippen LogP contribution in [0.3, 0.4) is 0 Å². The van der Waals surface area contributed by atoms with Crippen molar-refractivity contribution in [3.8, 4) is 0 Å². The fourth-order valence-electron chi connectivity index (χ4n) is 4.65. The molecule has 5 rings (SSSR count). The number of aromatic amines is 1. The minimum Gasteiger partial charge on any atom is -0.365 e. The second-order valence-corrected chi connectivity index (χ2v) is 9.09. The maximum Gasteiger partial charge on any atom is 0.271 e. The number of benzene rings is 1. The number of nitrogens with zero attached hydrogens (tertiary/aromatic N) is 2. The number of hydrogen-bond acceptors (Lipinski definition) is 5. The van der Waals surface area contributed by atoms with Gasteiger partial charge in [0, 0.05) is 25.2 Å².